The van der Waals surface area contributed by atoms with Crippen LogP contribution in [0.15, 0.2) is 6.07 Å². The number of hydrogen-bond donors (Lipinski definition) is 1. The first-order valence-electron chi connectivity index (χ1n) is 5.07. The summed E-state index contributed by atoms with van der Waals surface area (Å²) in [6.07, 6.45) is 0.793. The Morgan fingerprint density at radius 2 is 2.13 bits per heavy atom. The van der Waals surface area contributed by atoms with E-state index in [4.69, 9.17) is 15.2 Å². The molecule has 1 heterocycles. The van der Waals surface area contributed by atoms with Gasteiger partial charge in [0.25, 0.3) is 0 Å². The van der Waals surface area contributed by atoms with Crippen molar-refractivity contribution in [3.63, 3.8) is 0 Å². The quantitative estimate of drug-likeness (QED) is 0.708. The van der Waals surface area contributed by atoms with Gasteiger partial charge < -0.3 is 15.2 Å². The van der Waals surface area contributed by atoms with Crippen molar-refractivity contribution in [2.75, 3.05) is 19.8 Å². The summed E-state index contributed by atoms with van der Waals surface area (Å²) >= 11 is 0. The molecule has 0 unspecified atom stereocenters. The van der Waals surface area contributed by atoms with Crippen molar-refractivity contribution in [3.8, 4) is 11.9 Å². The summed E-state index contributed by atoms with van der Waals surface area (Å²) in [6, 6.07) is 2.13. The van der Waals surface area contributed by atoms with Gasteiger partial charge in [0.05, 0.1) is 13.2 Å². The molecule has 0 aliphatic heterocycles. The van der Waals surface area contributed by atoms with Gasteiger partial charge in [-0.2, -0.15) is 4.98 Å². The van der Waals surface area contributed by atoms with Crippen molar-refractivity contribution in [1.82, 2.24) is 9.97 Å². The minimum absolute atomic E-state index is 0.354. The maximum Gasteiger partial charge on any atom is 0.319 e. The zero-order valence-electron chi connectivity index (χ0n) is 9.19. The molecule has 0 aliphatic carbocycles. The molecule has 1 rings (SSSR count). The lowest BCUT2D eigenvalue weighted by atomic mass is 10.4. The standard InChI is InChI=1S/C10H17N3O2/c1-3-14-9-7-8(2)12-10(13-9)15-6-4-5-11/h7H,3-6,11H2,1-2H3. The first kappa shape index (κ1) is 11.7. The van der Waals surface area contributed by atoms with E-state index in [1.807, 2.05) is 13.8 Å². The van der Waals surface area contributed by atoms with E-state index in [0.29, 0.717) is 31.6 Å². The zero-order chi connectivity index (χ0) is 11.1. The fourth-order valence-electron chi connectivity index (χ4n) is 1.05. The lowest BCUT2D eigenvalue weighted by Gasteiger charge is -2.07. The molecule has 0 saturated carbocycles. The van der Waals surface area contributed by atoms with Crippen LogP contribution in [0.3, 0.4) is 0 Å². The van der Waals surface area contributed by atoms with Crippen LogP contribution in [0.25, 0.3) is 0 Å². The lowest BCUT2D eigenvalue weighted by Crippen LogP contribution is -2.08. The highest BCUT2D eigenvalue weighted by molar-refractivity contribution is 5.17. The number of rotatable bonds is 6. The summed E-state index contributed by atoms with van der Waals surface area (Å²) in [4.78, 5) is 8.23. The second kappa shape index (κ2) is 6.19. The molecule has 0 radical (unpaired) electrons. The van der Waals surface area contributed by atoms with Gasteiger partial charge in [0.2, 0.25) is 5.88 Å². The van der Waals surface area contributed by atoms with Gasteiger partial charge in [0.1, 0.15) is 0 Å². The summed E-state index contributed by atoms with van der Waals surface area (Å²) in [5.74, 6) is 0.549. The van der Waals surface area contributed by atoms with Crippen LogP contribution in [-0.2, 0) is 0 Å². The number of nitrogens with zero attached hydrogens (tertiary/aromatic N) is 2. The Kier molecular flexibility index (Phi) is 4.83. The van der Waals surface area contributed by atoms with Crippen LogP contribution in [-0.4, -0.2) is 29.7 Å². The normalized spacial score (nSPS) is 10.1. The van der Waals surface area contributed by atoms with E-state index in [0.717, 1.165) is 12.1 Å². The van der Waals surface area contributed by atoms with E-state index in [9.17, 15) is 0 Å². The number of aromatic nitrogens is 2. The molecule has 0 bridgehead atoms. The Hall–Kier alpha value is -1.36. The minimum atomic E-state index is 0.354. The molecular formula is C10H17N3O2. The van der Waals surface area contributed by atoms with Gasteiger partial charge in [0.15, 0.2) is 0 Å². The predicted octanol–water partition coefficient (Wildman–Crippen LogP) is 0.911. The lowest BCUT2D eigenvalue weighted by molar-refractivity contribution is 0.273. The van der Waals surface area contributed by atoms with Crippen LogP contribution < -0.4 is 15.2 Å². The van der Waals surface area contributed by atoms with Crippen molar-refractivity contribution in [1.29, 1.82) is 0 Å². The third kappa shape index (κ3) is 4.12. The second-order valence-corrected chi connectivity index (χ2v) is 3.05. The third-order valence-corrected chi connectivity index (χ3v) is 1.68. The SMILES string of the molecule is CCOc1cc(C)nc(OCCCN)n1. The van der Waals surface area contributed by atoms with E-state index in [1.165, 1.54) is 0 Å². The van der Waals surface area contributed by atoms with Gasteiger partial charge in [-0.05, 0) is 26.8 Å². The van der Waals surface area contributed by atoms with Crippen LogP contribution >= 0.6 is 0 Å². The monoisotopic (exact) mass is 211 g/mol. The van der Waals surface area contributed by atoms with Crippen LogP contribution in [0, 0.1) is 6.92 Å². The highest BCUT2D eigenvalue weighted by Gasteiger charge is 2.03. The van der Waals surface area contributed by atoms with Crippen LogP contribution in [0.2, 0.25) is 0 Å². The first-order valence-corrected chi connectivity index (χ1v) is 5.07. The summed E-state index contributed by atoms with van der Waals surface area (Å²) in [5.41, 5.74) is 6.18. The summed E-state index contributed by atoms with van der Waals surface area (Å²) < 4.78 is 10.6. The third-order valence-electron chi connectivity index (χ3n) is 1.68. The molecule has 15 heavy (non-hydrogen) atoms. The van der Waals surface area contributed by atoms with Crippen LogP contribution in [0.5, 0.6) is 11.9 Å². The Morgan fingerprint density at radius 1 is 1.33 bits per heavy atom. The maximum atomic E-state index is 5.35. The van der Waals surface area contributed by atoms with Crippen molar-refractivity contribution < 1.29 is 9.47 Å². The van der Waals surface area contributed by atoms with E-state index in [1.54, 1.807) is 6.07 Å². The fraction of sp³-hybridized carbons (Fsp3) is 0.600. The van der Waals surface area contributed by atoms with Gasteiger partial charge in [0, 0.05) is 11.8 Å². The average molecular weight is 211 g/mol. The summed E-state index contributed by atoms with van der Waals surface area (Å²) in [5, 5.41) is 0. The smallest absolute Gasteiger partial charge is 0.319 e. The zero-order valence-corrected chi connectivity index (χ0v) is 9.19. The molecule has 2 N–H and O–H groups in total. The van der Waals surface area contributed by atoms with Crippen molar-refractivity contribution >= 4 is 0 Å². The maximum absolute atomic E-state index is 5.35. The van der Waals surface area contributed by atoms with E-state index < -0.39 is 0 Å². The second-order valence-electron chi connectivity index (χ2n) is 3.05. The molecule has 0 aliphatic rings. The first-order chi connectivity index (χ1) is 7.26. The van der Waals surface area contributed by atoms with Crippen molar-refractivity contribution in [2.45, 2.75) is 20.3 Å². The Bertz CT molecular complexity index is 305. The molecule has 0 spiro atoms. The topological polar surface area (TPSA) is 70.3 Å². The minimum Gasteiger partial charge on any atom is -0.478 e. The van der Waals surface area contributed by atoms with E-state index in [-0.39, 0.29) is 0 Å². The summed E-state index contributed by atoms with van der Waals surface area (Å²) in [7, 11) is 0. The molecule has 0 saturated heterocycles. The molecule has 0 atom stereocenters. The van der Waals surface area contributed by atoms with Crippen molar-refractivity contribution in [2.24, 2.45) is 5.73 Å². The van der Waals surface area contributed by atoms with Crippen LogP contribution in [0.4, 0.5) is 0 Å². The average Bonchev–Trinajstić information content (AvgIpc) is 2.18. The molecule has 1 aromatic heterocycles. The number of aryl methyl sites for hydroxylation is 1. The van der Waals surface area contributed by atoms with Gasteiger partial charge in [-0.15, -0.1) is 0 Å². The molecule has 84 valence electrons. The van der Waals surface area contributed by atoms with Gasteiger partial charge in [-0.1, -0.05) is 0 Å². The molecule has 0 amide bonds. The molecule has 0 aromatic carbocycles. The van der Waals surface area contributed by atoms with Crippen LogP contribution in [0.1, 0.15) is 19.0 Å². The number of nitrogens with two attached hydrogens (primary N) is 1. The molecular weight excluding hydrogens is 194 g/mol. The molecule has 1 aromatic rings. The predicted molar refractivity (Wildman–Crippen MR) is 57.1 cm³/mol. The number of ether oxygens (including phenoxy) is 2. The highest BCUT2D eigenvalue weighted by atomic mass is 16.5. The van der Waals surface area contributed by atoms with Gasteiger partial charge in [-0.3, -0.25) is 0 Å². The van der Waals surface area contributed by atoms with E-state index in [2.05, 4.69) is 9.97 Å². The van der Waals surface area contributed by atoms with Crippen molar-refractivity contribution in [3.05, 3.63) is 11.8 Å². The van der Waals surface area contributed by atoms with Gasteiger partial charge >= 0.3 is 6.01 Å². The fourth-order valence-corrected chi connectivity index (χ4v) is 1.05. The Balaban J connectivity index is 2.62. The molecule has 0 fully saturated rings. The Morgan fingerprint density at radius 3 is 2.80 bits per heavy atom. The largest absolute Gasteiger partial charge is 0.478 e. The molecule has 5 heteroatoms. The van der Waals surface area contributed by atoms with E-state index >= 15 is 0 Å². The molecule has 5 nitrogen and oxygen atoms in total. The summed E-state index contributed by atoms with van der Waals surface area (Å²) in [6.45, 7) is 5.50. The Labute approximate surface area is 89.6 Å². The van der Waals surface area contributed by atoms with Gasteiger partial charge in [-0.25, -0.2) is 4.98 Å². The number of hydrogen-bond acceptors (Lipinski definition) is 5. The highest BCUT2D eigenvalue weighted by Crippen LogP contribution is 2.13.